The van der Waals surface area contributed by atoms with E-state index in [1.807, 2.05) is 36.4 Å². The van der Waals surface area contributed by atoms with Crippen molar-refractivity contribution in [2.45, 2.75) is 31.3 Å². The van der Waals surface area contributed by atoms with Crippen LogP contribution in [0.5, 0.6) is 11.5 Å². The zero-order valence-corrected chi connectivity index (χ0v) is 20.5. The number of methoxy groups -OCH3 is 2. The molecule has 0 bridgehead atoms. The first kappa shape index (κ1) is 23.3. The van der Waals surface area contributed by atoms with Gasteiger partial charge in [0.15, 0.2) is 11.5 Å². The first-order chi connectivity index (χ1) is 16.0. The Morgan fingerprint density at radius 2 is 1.73 bits per heavy atom. The van der Waals surface area contributed by atoms with Crippen molar-refractivity contribution in [1.29, 1.82) is 0 Å². The quantitative estimate of drug-likeness (QED) is 0.452. The fraction of sp³-hybridized carbons (Fsp3) is 0.296. The molecule has 0 fully saturated rings. The number of carbonyl (C=O) groups is 1. The number of rotatable bonds is 8. The summed E-state index contributed by atoms with van der Waals surface area (Å²) in [6.07, 6.45) is 2.50. The number of hydrogen-bond acceptors (Lipinski definition) is 4. The maximum Gasteiger partial charge on any atom is 0.239 e. The van der Waals surface area contributed by atoms with Crippen LogP contribution in [0.15, 0.2) is 71.2 Å². The molecule has 1 amide bonds. The number of nitrogens with zero attached hydrogens (tertiary/aromatic N) is 1. The van der Waals surface area contributed by atoms with E-state index in [9.17, 15) is 4.79 Å². The summed E-state index contributed by atoms with van der Waals surface area (Å²) < 4.78 is 12.3. The van der Waals surface area contributed by atoms with Gasteiger partial charge in [0, 0.05) is 17.1 Å². The first-order valence-corrected chi connectivity index (χ1v) is 11.9. The van der Waals surface area contributed by atoms with E-state index in [1.165, 1.54) is 11.1 Å². The van der Waals surface area contributed by atoms with Crippen molar-refractivity contribution in [3.8, 4) is 11.5 Å². The first-order valence-electron chi connectivity index (χ1n) is 11.1. The molecule has 33 heavy (non-hydrogen) atoms. The Morgan fingerprint density at radius 3 is 2.39 bits per heavy atom. The van der Waals surface area contributed by atoms with Gasteiger partial charge in [-0.2, -0.15) is 0 Å². The number of benzene rings is 3. The molecule has 3 aromatic carbocycles. The van der Waals surface area contributed by atoms with Gasteiger partial charge in [-0.15, -0.1) is 0 Å². The largest absolute Gasteiger partial charge is 0.493 e. The molecular formula is C27H29BrN2O3. The molecule has 172 valence electrons. The van der Waals surface area contributed by atoms with Crippen molar-refractivity contribution in [2.75, 3.05) is 20.8 Å². The maximum atomic E-state index is 12.7. The van der Waals surface area contributed by atoms with E-state index in [2.05, 4.69) is 51.2 Å². The van der Waals surface area contributed by atoms with Crippen LogP contribution in [0.3, 0.4) is 0 Å². The Bertz CT molecular complexity index is 1120. The van der Waals surface area contributed by atoms with Gasteiger partial charge in [-0.1, -0.05) is 64.5 Å². The highest BCUT2D eigenvalue weighted by Gasteiger charge is 2.36. The summed E-state index contributed by atoms with van der Waals surface area (Å²) in [6.45, 7) is 0.728. The van der Waals surface area contributed by atoms with Crippen molar-refractivity contribution >= 4 is 21.8 Å². The summed E-state index contributed by atoms with van der Waals surface area (Å²) in [5.74, 6) is 1.08. The summed E-state index contributed by atoms with van der Waals surface area (Å²) in [7, 11) is 3.30. The zero-order valence-electron chi connectivity index (χ0n) is 19.0. The van der Waals surface area contributed by atoms with Crippen LogP contribution in [-0.2, 0) is 17.6 Å². The molecule has 2 atom stereocenters. The molecule has 4 rings (SSSR count). The molecule has 0 radical (unpaired) electrons. The molecule has 1 aliphatic heterocycles. The van der Waals surface area contributed by atoms with Crippen molar-refractivity contribution in [3.63, 3.8) is 0 Å². The van der Waals surface area contributed by atoms with Crippen LogP contribution in [0, 0.1) is 0 Å². The number of halogens is 1. The minimum absolute atomic E-state index is 0.00151. The third kappa shape index (κ3) is 4.92. The third-order valence-corrected chi connectivity index (χ3v) is 7.18. The summed E-state index contributed by atoms with van der Waals surface area (Å²) in [5, 5.41) is 0. The van der Waals surface area contributed by atoms with E-state index >= 15 is 0 Å². The van der Waals surface area contributed by atoms with Crippen molar-refractivity contribution in [3.05, 3.63) is 93.5 Å². The number of nitrogens with two attached hydrogens (primary N) is 1. The monoisotopic (exact) mass is 508 g/mol. The summed E-state index contributed by atoms with van der Waals surface area (Å²) >= 11 is 3.67. The molecule has 0 aromatic heterocycles. The van der Waals surface area contributed by atoms with Crippen LogP contribution >= 0.6 is 15.9 Å². The molecule has 0 spiro atoms. The number of primary amides is 1. The normalized spacial score (nSPS) is 16.6. The van der Waals surface area contributed by atoms with Crippen LogP contribution in [0.25, 0.3) is 0 Å². The van der Waals surface area contributed by atoms with Gasteiger partial charge in [0.1, 0.15) is 6.04 Å². The predicted molar refractivity (Wildman–Crippen MR) is 134 cm³/mol. The van der Waals surface area contributed by atoms with Gasteiger partial charge in [0.2, 0.25) is 5.91 Å². The summed E-state index contributed by atoms with van der Waals surface area (Å²) in [4.78, 5) is 15.0. The average molecular weight is 509 g/mol. The van der Waals surface area contributed by atoms with Crippen molar-refractivity contribution in [2.24, 2.45) is 5.73 Å². The molecule has 1 heterocycles. The minimum atomic E-state index is -0.503. The van der Waals surface area contributed by atoms with Crippen LogP contribution in [0.1, 0.15) is 40.8 Å². The molecule has 6 heteroatoms. The fourth-order valence-corrected chi connectivity index (χ4v) is 5.31. The Hall–Kier alpha value is -2.83. The number of hydrogen-bond donors (Lipinski definition) is 1. The van der Waals surface area contributed by atoms with Crippen LogP contribution in [0.4, 0.5) is 0 Å². The second-order valence-corrected chi connectivity index (χ2v) is 9.11. The number of carbonyl (C=O) groups excluding carboxylic acids is 1. The lowest BCUT2D eigenvalue weighted by molar-refractivity contribution is -0.124. The SMILES string of the molecule is COc1cc2c(cc1OC)[C@H](CCc1ccccc1Br)N([C@@H](C(N)=O)c1ccccc1)CC2. The van der Waals surface area contributed by atoms with E-state index in [1.54, 1.807) is 14.2 Å². The number of aryl methyl sites for hydroxylation is 1. The molecule has 5 nitrogen and oxygen atoms in total. The lowest BCUT2D eigenvalue weighted by Crippen LogP contribution is -2.44. The Kier molecular flexibility index (Phi) is 7.36. The van der Waals surface area contributed by atoms with E-state index < -0.39 is 6.04 Å². The predicted octanol–water partition coefficient (Wildman–Crippen LogP) is 5.22. The highest BCUT2D eigenvalue weighted by atomic mass is 79.9. The van der Waals surface area contributed by atoms with Crippen molar-refractivity contribution < 1.29 is 14.3 Å². The molecule has 0 aliphatic carbocycles. The Balaban J connectivity index is 1.77. The lowest BCUT2D eigenvalue weighted by atomic mass is 9.86. The second kappa shape index (κ2) is 10.4. The highest BCUT2D eigenvalue weighted by Crippen LogP contribution is 2.43. The second-order valence-electron chi connectivity index (χ2n) is 8.26. The average Bonchev–Trinajstić information content (AvgIpc) is 2.83. The molecule has 1 aliphatic rings. The molecule has 3 aromatic rings. The standard InChI is InChI=1S/C27H29BrN2O3/c1-32-24-16-20-14-15-30(26(27(29)31)19-9-4-3-5-10-19)23(21(20)17-25(24)33-2)13-12-18-8-6-7-11-22(18)28/h3-11,16-17,23,26H,12-15H2,1-2H3,(H2,29,31)/t23-,26+/m0/s1. The Labute approximate surface area is 203 Å². The van der Waals surface area contributed by atoms with Gasteiger partial charge in [-0.3, -0.25) is 9.69 Å². The summed E-state index contributed by atoms with van der Waals surface area (Å²) in [6, 6.07) is 21.7. The molecule has 2 N–H and O–H groups in total. The van der Waals surface area contributed by atoms with Gasteiger partial charge in [0.05, 0.1) is 14.2 Å². The van der Waals surface area contributed by atoms with Gasteiger partial charge < -0.3 is 15.2 Å². The number of fused-ring (bicyclic) bond motifs is 1. The van der Waals surface area contributed by atoms with Gasteiger partial charge in [-0.25, -0.2) is 0 Å². The van der Waals surface area contributed by atoms with Gasteiger partial charge in [-0.05, 0) is 59.7 Å². The third-order valence-electron chi connectivity index (χ3n) is 6.41. The van der Waals surface area contributed by atoms with E-state index in [-0.39, 0.29) is 11.9 Å². The fourth-order valence-electron chi connectivity index (χ4n) is 4.83. The summed E-state index contributed by atoms with van der Waals surface area (Å²) in [5.41, 5.74) is 10.5. The van der Waals surface area contributed by atoms with Crippen LogP contribution < -0.4 is 15.2 Å². The highest BCUT2D eigenvalue weighted by molar-refractivity contribution is 9.10. The maximum absolute atomic E-state index is 12.7. The van der Waals surface area contributed by atoms with Crippen LogP contribution in [0.2, 0.25) is 0 Å². The topological polar surface area (TPSA) is 64.8 Å². The number of amides is 1. The molecule has 0 saturated heterocycles. The molecular weight excluding hydrogens is 480 g/mol. The molecule has 0 unspecified atom stereocenters. The van der Waals surface area contributed by atoms with Gasteiger partial charge >= 0.3 is 0 Å². The van der Waals surface area contributed by atoms with Crippen LogP contribution in [-0.4, -0.2) is 31.6 Å². The van der Waals surface area contributed by atoms with Crippen molar-refractivity contribution in [1.82, 2.24) is 4.90 Å². The minimum Gasteiger partial charge on any atom is -0.493 e. The lowest BCUT2D eigenvalue weighted by Gasteiger charge is -2.41. The Morgan fingerprint density at radius 1 is 1.06 bits per heavy atom. The van der Waals surface area contributed by atoms with E-state index in [0.717, 1.165) is 47.2 Å². The number of ether oxygens (including phenoxy) is 2. The van der Waals surface area contributed by atoms with Gasteiger partial charge in [0.25, 0.3) is 0 Å². The zero-order chi connectivity index (χ0) is 23.4. The smallest absolute Gasteiger partial charge is 0.239 e. The molecule has 0 saturated carbocycles. The van der Waals surface area contributed by atoms with E-state index in [4.69, 9.17) is 15.2 Å². The van der Waals surface area contributed by atoms with E-state index in [0.29, 0.717) is 5.75 Å².